The van der Waals surface area contributed by atoms with Crippen LogP contribution in [0.1, 0.15) is 71.1 Å². The van der Waals surface area contributed by atoms with E-state index in [9.17, 15) is 0 Å². The first-order chi connectivity index (χ1) is 9.38. The van der Waals surface area contributed by atoms with Crippen LogP contribution in [0.3, 0.4) is 0 Å². The lowest BCUT2D eigenvalue weighted by Crippen LogP contribution is -2.27. The third-order valence-corrected chi connectivity index (χ3v) is 4.89. The van der Waals surface area contributed by atoms with Crippen molar-refractivity contribution in [2.75, 3.05) is 6.54 Å². The topological polar surface area (TPSA) is 12.0 Å². The van der Waals surface area contributed by atoms with Crippen molar-refractivity contribution in [1.29, 1.82) is 0 Å². The Morgan fingerprint density at radius 3 is 2.84 bits per heavy atom. The van der Waals surface area contributed by atoms with Crippen molar-refractivity contribution in [3.05, 3.63) is 34.1 Å². The molecule has 0 amide bonds. The van der Waals surface area contributed by atoms with Gasteiger partial charge in [0.1, 0.15) is 0 Å². The highest BCUT2D eigenvalue weighted by molar-refractivity contribution is 5.52. The average molecular weight is 257 g/mol. The third kappa shape index (κ3) is 2.80. The Morgan fingerprint density at radius 2 is 1.95 bits per heavy atom. The van der Waals surface area contributed by atoms with Crippen molar-refractivity contribution in [2.24, 2.45) is 0 Å². The van der Waals surface area contributed by atoms with Crippen LogP contribution in [-0.2, 0) is 0 Å². The molecular formula is C18H27N. The van der Waals surface area contributed by atoms with E-state index in [-0.39, 0.29) is 0 Å². The van der Waals surface area contributed by atoms with Gasteiger partial charge >= 0.3 is 0 Å². The fourth-order valence-corrected chi connectivity index (χ4v) is 3.72. The van der Waals surface area contributed by atoms with E-state index in [1.54, 1.807) is 28.0 Å². The van der Waals surface area contributed by atoms with Gasteiger partial charge in [-0.1, -0.05) is 31.4 Å². The molecule has 0 aromatic rings. The van der Waals surface area contributed by atoms with Crippen LogP contribution in [0.5, 0.6) is 0 Å². The summed E-state index contributed by atoms with van der Waals surface area (Å²) in [4.78, 5) is 0. The fourth-order valence-electron chi connectivity index (χ4n) is 3.72. The average Bonchev–Trinajstić information content (AvgIpc) is 2.47. The molecular weight excluding hydrogens is 230 g/mol. The van der Waals surface area contributed by atoms with Crippen LogP contribution in [0.2, 0.25) is 0 Å². The Bertz CT molecular complexity index is 437. The van der Waals surface area contributed by atoms with Crippen molar-refractivity contribution >= 4 is 0 Å². The number of unbranched alkanes of at least 4 members (excludes halogenated alkanes) is 2. The second-order valence-electron chi connectivity index (χ2n) is 6.29. The summed E-state index contributed by atoms with van der Waals surface area (Å²) in [5.74, 6) is 0. The van der Waals surface area contributed by atoms with Crippen LogP contribution in [0.15, 0.2) is 34.1 Å². The molecule has 19 heavy (non-hydrogen) atoms. The minimum Gasteiger partial charge on any atom is -0.384 e. The molecule has 1 nitrogen and oxygen atoms in total. The Hall–Kier alpha value is -0.980. The molecule has 0 atom stereocenters. The fraction of sp³-hybridized carbons (Fsp3) is 0.667. The minimum atomic E-state index is 1.12. The highest BCUT2D eigenvalue weighted by Gasteiger charge is 2.24. The van der Waals surface area contributed by atoms with E-state index in [0.29, 0.717) is 0 Å². The standard InChI is InChI=1S/C18H27N/c1-2-3-4-7-14-10-11-15-13-19-18-9-6-5-8-16(18)17(15)12-14/h12,19H,2-11,13H2,1H3. The van der Waals surface area contributed by atoms with Gasteiger partial charge in [-0.25, -0.2) is 0 Å². The van der Waals surface area contributed by atoms with E-state index in [1.165, 1.54) is 64.2 Å². The van der Waals surface area contributed by atoms with Crippen LogP contribution in [0.4, 0.5) is 0 Å². The van der Waals surface area contributed by atoms with Crippen molar-refractivity contribution < 1.29 is 0 Å². The molecule has 2 aliphatic carbocycles. The summed E-state index contributed by atoms with van der Waals surface area (Å²) in [5, 5.41) is 3.68. The molecule has 1 N–H and O–H groups in total. The quantitative estimate of drug-likeness (QED) is 0.698. The molecule has 104 valence electrons. The summed E-state index contributed by atoms with van der Waals surface area (Å²) < 4.78 is 0. The maximum Gasteiger partial charge on any atom is 0.0366 e. The maximum atomic E-state index is 3.68. The molecule has 3 aliphatic rings. The second-order valence-corrected chi connectivity index (χ2v) is 6.29. The van der Waals surface area contributed by atoms with Crippen molar-refractivity contribution in [2.45, 2.75) is 71.1 Å². The Labute approximate surface area is 117 Å². The molecule has 0 fully saturated rings. The van der Waals surface area contributed by atoms with Gasteiger partial charge in [0, 0.05) is 12.2 Å². The Morgan fingerprint density at radius 1 is 1.05 bits per heavy atom. The third-order valence-electron chi connectivity index (χ3n) is 4.89. The van der Waals surface area contributed by atoms with Crippen LogP contribution in [0, 0.1) is 0 Å². The van der Waals surface area contributed by atoms with Gasteiger partial charge in [0.05, 0.1) is 0 Å². The molecule has 0 aromatic carbocycles. The number of dihydropyridines is 1. The highest BCUT2D eigenvalue weighted by atomic mass is 14.9. The predicted molar refractivity (Wildman–Crippen MR) is 82.0 cm³/mol. The zero-order valence-electron chi connectivity index (χ0n) is 12.4. The number of rotatable bonds is 4. The van der Waals surface area contributed by atoms with Crippen LogP contribution >= 0.6 is 0 Å². The van der Waals surface area contributed by atoms with E-state index in [4.69, 9.17) is 0 Å². The van der Waals surface area contributed by atoms with Gasteiger partial charge in [0.2, 0.25) is 0 Å². The van der Waals surface area contributed by atoms with E-state index >= 15 is 0 Å². The smallest absolute Gasteiger partial charge is 0.0366 e. The summed E-state index contributed by atoms with van der Waals surface area (Å²) in [6.45, 7) is 3.41. The van der Waals surface area contributed by atoms with Gasteiger partial charge in [0.15, 0.2) is 0 Å². The maximum absolute atomic E-state index is 3.68. The van der Waals surface area contributed by atoms with Gasteiger partial charge in [-0.05, 0) is 68.1 Å². The van der Waals surface area contributed by atoms with E-state index in [1.807, 2.05) is 0 Å². The Balaban J connectivity index is 1.78. The zero-order chi connectivity index (χ0) is 13.1. The Kier molecular flexibility index (Phi) is 4.10. The lowest BCUT2D eigenvalue weighted by Gasteiger charge is -2.32. The number of hydrogen-bond acceptors (Lipinski definition) is 1. The van der Waals surface area contributed by atoms with Gasteiger partial charge in [-0.3, -0.25) is 0 Å². The van der Waals surface area contributed by atoms with E-state index < -0.39 is 0 Å². The van der Waals surface area contributed by atoms with E-state index in [2.05, 4.69) is 18.3 Å². The molecule has 1 heteroatoms. The molecule has 0 saturated heterocycles. The SMILES string of the molecule is CCCCCC1=CC2=C(CC1)CNC1=C2CCCC1. The predicted octanol–water partition coefficient (Wildman–Crippen LogP) is 5.01. The molecule has 1 aliphatic heterocycles. The minimum absolute atomic E-state index is 1.12. The molecule has 0 saturated carbocycles. The largest absolute Gasteiger partial charge is 0.384 e. The van der Waals surface area contributed by atoms with Crippen LogP contribution < -0.4 is 5.32 Å². The van der Waals surface area contributed by atoms with Crippen molar-refractivity contribution in [1.82, 2.24) is 5.32 Å². The monoisotopic (exact) mass is 257 g/mol. The van der Waals surface area contributed by atoms with Crippen LogP contribution in [0.25, 0.3) is 0 Å². The molecule has 0 spiro atoms. The highest BCUT2D eigenvalue weighted by Crippen LogP contribution is 2.38. The van der Waals surface area contributed by atoms with Gasteiger partial charge < -0.3 is 5.32 Å². The van der Waals surface area contributed by atoms with Gasteiger partial charge in [0.25, 0.3) is 0 Å². The summed E-state index contributed by atoms with van der Waals surface area (Å²) in [5.41, 5.74) is 8.27. The van der Waals surface area contributed by atoms with Gasteiger partial charge in [-0.15, -0.1) is 0 Å². The molecule has 0 unspecified atom stereocenters. The summed E-state index contributed by atoms with van der Waals surface area (Å²) in [7, 11) is 0. The first kappa shape index (κ1) is 13.0. The normalized spacial score (nSPS) is 22.7. The number of fused-ring (bicyclic) bond motifs is 1. The first-order valence-corrected chi connectivity index (χ1v) is 8.26. The van der Waals surface area contributed by atoms with Crippen molar-refractivity contribution in [3.8, 4) is 0 Å². The number of nitrogens with one attached hydrogen (secondary N) is 1. The summed E-state index contributed by atoms with van der Waals surface area (Å²) in [6.07, 6.45) is 16.0. The van der Waals surface area contributed by atoms with Gasteiger partial charge in [-0.2, -0.15) is 0 Å². The lowest BCUT2D eigenvalue weighted by molar-refractivity contribution is 0.604. The number of hydrogen-bond donors (Lipinski definition) is 1. The first-order valence-electron chi connectivity index (χ1n) is 8.26. The van der Waals surface area contributed by atoms with Crippen molar-refractivity contribution in [3.63, 3.8) is 0 Å². The van der Waals surface area contributed by atoms with Crippen LogP contribution in [-0.4, -0.2) is 6.54 Å². The summed E-state index contributed by atoms with van der Waals surface area (Å²) >= 11 is 0. The molecule has 0 radical (unpaired) electrons. The summed E-state index contributed by atoms with van der Waals surface area (Å²) in [6, 6.07) is 0. The second kappa shape index (κ2) is 5.98. The number of allylic oxidation sites excluding steroid dienone is 5. The molecule has 0 bridgehead atoms. The van der Waals surface area contributed by atoms with E-state index in [0.717, 1.165) is 6.54 Å². The molecule has 0 aromatic heterocycles. The zero-order valence-corrected chi connectivity index (χ0v) is 12.4. The molecule has 1 heterocycles. The molecule has 3 rings (SSSR count). The lowest BCUT2D eigenvalue weighted by atomic mass is 9.80.